The zero-order valence-electron chi connectivity index (χ0n) is 19.5. The first-order chi connectivity index (χ1) is 17.1. The van der Waals surface area contributed by atoms with Crippen LogP contribution in [0, 0.1) is 15.9 Å². The molecule has 2 unspecified atom stereocenters. The minimum atomic E-state index is -2.02. The predicted octanol–water partition coefficient (Wildman–Crippen LogP) is 4.35. The van der Waals surface area contributed by atoms with E-state index in [9.17, 15) is 28.3 Å². The molecule has 1 spiro atoms. The molecule has 0 aliphatic carbocycles. The first kappa shape index (κ1) is 23.8. The summed E-state index contributed by atoms with van der Waals surface area (Å²) >= 11 is 0. The number of nitrogens with zero attached hydrogens (tertiary/aromatic N) is 3. The van der Waals surface area contributed by atoms with Crippen LogP contribution in [0.5, 0.6) is 0 Å². The maximum Gasteiger partial charge on any atom is 0.271 e. The number of anilines is 2. The fourth-order valence-corrected chi connectivity index (χ4v) is 6.50. The Balaban J connectivity index is 1.70. The highest BCUT2D eigenvalue weighted by Gasteiger charge is 2.65. The van der Waals surface area contributed by atoms with Crippen molar-refractivity contribution in [1.29, 1.82) is 0 Å². The van der Waals surface area contributed by atoms with E-state index in [4.69, 9.17) is 0 Å². The second-order valence-electron chi connectivity index (χ2n) is 9.09. The van der Waals surface area contributed by atoms with Gasteiger partial charge in [0.05, 0.1) is 28.0 Å². The van der Waals surface area contributed by atoms with E-state index in [1.165, 1.54) is 52.3 Å². The Labute approximate surface area is 208 Å². The van der Waals surface area contributed by atoms with Crippen LogP contribution in [-0.2, 0) is 31.8 Å². The lowest BCUT2D eigenvalue weighted by Gasteiger charge is -2.32. The molecule has 1 fully saturated rings. The number of fused-ring (bicyclic) bond motifs is 2. The molecule has 2 amide bonds. The van der Waals surface area contributed by atoms with E-state index in [2.05, 4.69) is 0 Å². The van der Waals surface area contributed by atoms with Gasteiger partial charge in [-0.3, -0.25) is 28.8 Å². The van der Waals surface area contributed by atoms with Crippen LogP contribution in [0.2, 0.25) is 0 Å². The zero-order chi connectivity index (χ0) is 25.8. The number of non-ortho nitro benzene ring substituents is 1. The first-order valence-corrected chi connectivity index (χ1v) is 12.6. The molecule has 36 heavy (non-hydrogen) atoms. The van der Waals surface area contributed by atoms with Gasteiger partial charge in [-0.15, -0.1) is 0 Å². The lowest BCUT2D eigenvalue weighted by Crippen LogP contribution is -2.52. The largest absolute Gasteiger partial charge is 0.304 e. The van der Waals surface area contributed by atoms with Crippen LogP contribution >= 0.6 is 0 Å². The molecule has 2 atom stereocenters. The van der Waals surface area contributed by atoms with Crippen molar-refractivity contribution in [2.24, 2.45) is 0 Å². The number of halogens is 1. The van der Waals surface area contributed by atoms with Crippen molar-refractivity contribution in [3.05, 3.63) is 99.4 Å². The third-order valence-corrected chi connectivity index (χ3v) is 8.35. The molecule has 2 aliphatic rings. The molecule has 0 saturated carbocycles. The summed E-state index contributed by atoms with van der Waals surface area (Å²) in [6.45, 7) is 4.06. The molecule has 0 radical (unpaired) electrons. The van der Waals surface area contributed by atoms with E-state index >= 15 is 0 Å². The second-order valence-corrected chi connectivity index (χ2v) is 10.7. The Morgan fingerprint density at radius 1 is 1.06 bits per heavy atom. The van der Waals surface area contributed by atoms with Gasteiger partial charge in [0.1, 0.15) is 11.6 Å². The van der Waals surface area contributed by atoms with Gasteiger partial charge < -0.3 is 4.90 Å². The van der Waals surface area contributed by atoms with Gasteiger partial charge in [0.25, 0.3) is 11.6 Å². The Hall–Kier alpha value is -3.92. The molecule has 2 aliphatic heterocycles. The number of hydrogen-bond acceptors (Lipinski definition) is 5. The number of amides is 2. The summed E-state index contributed by atoms with van der Waals surface area (Å²) in [7, 11) is -2.02. The van der Waals surface area contributed by atoms with E-state index < -0.39 is 44.0 Å². The molecule has 8 nitrogen and oxygen atoms in total. The van der Waals surface area contributed by atoms with Crippen LogP contribution in [0.15, 0.2) is 66.7 Å². The third kappa shape index (κ3) is 3.51. The van der Waals surface area contributed by atoms with Crippen molar-refractivity contribution >= 4 is 39.7 Å². The Morgan fingerprint density at radius 2 is 1.72 bits per heavy atom. The number of nitro benzene ring substituents is 1. The van der Waals surface area contributed by atoms with Crippen molar-refractivity contribution in [3.63, 3.8) is 0 Å². The fourth-order valence-electron chi connectivity index (χ4n) is 4.81. The van der Waals surface area contributed by atoms with Gasteiger partial charge in [0.15, 0.2) is 0 Å². The van der Waals surface area contributed by atoms with E-state index in [-0.39, 0.29) is 23.7 Å². The topological polar surface area (TPSA) is 101 Å². The molecular formula is C26H22FN3O5S. The van der Waals surface area contributed by atoms with Gasteiger partial charge in [0, 0.05) is 23.4 Å². The molecule has 5 rings (SSSR count). The summed E-state index contributed by atoms with van der Waals surface area (Å²) in [6, 6.07) is 16.6. The lowest BCUT2D eigenvalue weighted by molar-refractivity contribution is -0.384. The monoisotopic (exact) mass is 507 g/mol. The van der Waals surface area contributed by atoms with Gasteiger partial charge in [-0.25, -0.2) is 4.39 Å². The van der Waals surface area contributed by atoms with Crippen molar-refractivity contribution < 1.29 is 23.1 Å². The predicted molar refractivity (Wildman–Crippen MR) is 133 cm³/mol. The summed E-state index contributed by atoms with van der Waals surface area (Å²) in [5.41, 5.74) is 2.18. The molecule has 3 aromatic rings. The maximum absolute atomic E-state index is 14.1. The highest BCUT2D eigenvalue weighted by molar-refractivity contribution is 7.88. The minimum absolute atomic E-state index is 0.0111. The van der Waals surface area contributed by atoms with Crippen LogP contribution in [0.1, 0.15) is 36.5 Å². The SMILES string of the molecule is CC(C)c1ccc(N2C(=O)CS(=O)C23C(=O)N(Cc2ccc(F)cc2)c2ccc([N+](=O)[O-])cc23)cc1. The normalized spacial score (nSPS) is 21.1. The Bertz CT molecular complexity index is 1420. The first-order valence-electron chi connectivity index (χ1n) is 11.3. The highest BCUT2D eigenvalue weighted by atomic mass is 32.2. The third-order valence-electron chi connectivity index (χ3n) is 6.60. The lowest BCUT2D eigenvalue weighted by atomic mass is 10.0. The molecule has 0 aromatic heterocycles. The van der Waals surface area contributed by atoms with Crippen molar-refractivity contribution in [2.75, 3.05) is 15.6 Å². The number of carbonyl (C=O) groups is 2. The number of carbonyl (C=O) groups excluding carboxylic acids is 2. The summed E-state index contributed by atoms with van der Waals surface area (Å²) < 4.78 is 27.1. The van der Waals surface area contributed by atoms with E-state index in [1.54, 1.807) is 12.1 Å². The molecule has 0 N–H and O–H groups in total. The summed E-state index contributed by atoms with van der Waals surface area (Å²) in [4.78, 5) is 39.0. The van der Waals surface area contributed by atoms with Gasteiger partial charge in [0.2, 0.25) is 10.8 Å². The molecule has 0 bridgehead atoms. The Morgan fingerprint density at radius 3 is 2.33 bits per heavy atom. The molecule has 10 heteroatoms. The Kier molecular flexibility index (Phi) is 5.71. The standard InChI is InChI=1S/C26H22FN3O5S/c1-16(2)18-5-9-20(10-6-18)29-24(31)15-36(35)26(29)22-13-21(30(33)34)11-12-23(22)28(25(26)32)14-17-3-7-19(27)8-4-17/h3-13,16H,14-15H2,1-2H3. The van der Waals surface area contributed by atoms with E-state index in [0.29, 0.717) is 16.9 Å². The average molecular weight is 508 g/mol. The molecular weight excluding hydrogens is 485 g/mol. The number of hydrogen-bond donors (Lipinski definition) is 0. The van der Waals surface area contributed by atoms with Crippen molar-refractivity contribution in [3.8, 4) is 0 Å². The smallest absolute Gasteiger partial charge is 0.271 e. The quantitative estimate of drug-likeness (QED) is 0.378. The van der Waals surface area contributed by atoms with E-state index in [1.807, 2.05) is 26.0 Å². The van der Waals surface area contributed by atoms with Crippen LogP contribution in [0.4, 0.5) is 21.5 Å². The summed E-state index contributed by atoms with van der Waals surface area (Å²) in [5.74, 6) is -1.74. The molecule has 184 valence electrons. The van der Waals surface area contributed by atoms with Crippen LogP contribution in [-0.4, -0.2) is 26.7 Å². The van der Waals surface area contributed by atoms with Crippen LogP contribution in [0.3, 0.4) is 0 Å². The van der Waals surface area contributed by atoms with Crippen molar-refractivity contribution in [1.82, 2.24) is 0 Å². The number of benzene rings is 3. The molecule has 3 aromatic carbocycles. The van der Waals surface area contributed by atoms with E-state index in [0.717, 1.165) is 5.56 Å². The van der Waals surface area contributed by atoms with Crippen LogP contribution in [0.25, 0.3) is 0 Å². The summed E-state index contributed by atoms with van der Waals surface area (Å²) in [6.07, 6.45) is 0. The zero-order valence-corrected chi connectivity index (χ0v) is 20.3. The van der Waals surface area contributed by atoms with Crippen LogP contribution < -0.4 is 9.80 Å². The number of rotatable bonds is 5. The van der Waals surface area contributed by atoms with Crippen molar-refractivity contribution in [2.45, 2.75) is 31.2 Å². The van der Waals surface area contributed by atoms with Gasteiger partial charge in [-0.1, -0.05) is 38.1 Å². The fraction of sp³-hybridized carbons (Fsp3) is 0.231. The molecule has 1 saturated heterocycles. The number of nitro groups is 1. The van der Waals surface area contributed by atoms with Gasteiger partial charge in [-0.2, -0.15) is 0 Å². The van der Waals surface area contributed by atoms with Gasteiger partial charge in [-0.05, 0) is 47.4 Å². The van der Waals surface area contributed by atoms with Gasteiger partial charge >= 0.3 is 0 Å². The average Bonchev–Trinajstić information content (AvgIpc) is 3.25. The second kappa shape index (κ2) is 8.63. The summed E-state index contributed by atoms with van der Waals surface area (Å²) in [5, 5.41) is 11.6. The molecule has 2 heterocycles. The minimum Gasteiger partial charge on any atom is -0.304 e. The highest BCUT2D eigenvalue weighted by Crippen LogP contribution is 2.52. The maximum atomic E-state index is 14.1.